The molecule has 0 aliphatic carbocycles. The van der Waals surface area contributed by atoms with Gasteiger partial charge in [0.05, 0.1) is 27.7 Å². The van der Waals surface area contributed by atoms with Gasteiger partial charge >= 0.3 is 0 Å². The quantitative estimate of drug-likeness (QED) is 0.273. The fourth-order valence-electron chi connectivity index (χ4n) is 2.65. The summed E-state index contributed by atoms with van der Waals surface area (Å²) < 4.78 is 0.847. The maximum absolute atomic E-state index is 12.2. The third-order valence-corrected chi connectivity index (χ3v) is 4.83. The molecule has 0 aliphatic rings. The molecule has 0 spiro atoms. The van der Waals surface area contributed by atoms with Crippen LogP contribution in [-0.2, 0) is 0 Å². The molecule has 0 aromatic heterocycles. The van der Waals surface area contributed by atoms with E-state index in [9.17, 15) is 29.8 Å². The molecule has 33 heavy (non-hydrogen) atoms. The smallest absolute Gasteiger partial charge is 0.285 e. The summed E-state index contributed by atoms with van der Waals surface area (Å²) in [5, 5.41) is 28.3. The summed E-state index contributed by atoms with van der Waals surface area (Å²) in [6, 6.07) is 15.9. The lowest BCUT2D eigenvalue weighted by Crippen LogP contribution is -2.18. The van der Waals surface area contributed by atoms with Crippen molar-refractivity contribution in [2.45, 2.75) is 0 Å². The third kappa shape index (κ3) is 6.04. The number of non-ortho nitro benzene ring substituents is 1. The number of nitro benzene ring substituents is 2. The van der Waals surface area contributed by atoms with Gasteiger partial charge in [0.25, 0.3) is 23.2 Å². The van der Waals surface area contributed by atoms with Crippen molar-refractivity contribution in [1.29, 1.82) is 0 Å². The van der Waals surface area contributed by atoms with E-state index in [2.05, 4.69) is 31.8 Å². The number of carbonyl (C=O) groups is 2. The largest absolute Gasteiger partial charge is 0.322 e. The molecule has 0 saturated carbocycles. The van der Waals surface area contributed by atoms with Crippen molar-refractivity contribution in [1.82, 2.24) is 5.43 Å². The molecule has 11 nitrogen and oxygen atoms in total. The predicted octanol–water partition coefficient (Wildman–Crippen LogP) is 4.28. The zero-order valence-electron chi connectivity index (χ0n) is 16.6. The Hall–Kier alpha value is -4.45. The minimum Gasteiger partial charge on any atom is -0.322 e. The van der Waals surface area contributed by atoms with Crippen LogP contribution in [0.3, 0.4) is 0 Å². The van der Waals surface area contributed by atoms with E-state index in [0.29, 0.717) is 11.3 Å². The van der Waals surface area contributed by atoms with Gasteiger partial charge in [-0.3, -0.25) is 29.8 Å². The molecule has 166 valence electrons. The van der Waals surface area contributed by atoms with Gasteiger partial charge in [-0.1, -0.05) is 15.9 Å². The molecule has 3 rings (SSSR count). The molecule has 0 heterocycles. The van der Waals surface area contributed by atoms with Gasteiger partial charge in [-0.2, -0.15) is 5.10 Å². The Morgan fingerprint density at radius 2 is 1.45 bits per heavy atom. The van der Waals surface area contributed by atoms with Gasteiger partial charge in [-0.25, -0.2) is 5.43 Å². The molecule has 2 amide bonds. The number of halogens is 1. The first kappa shape index (κ1) is 23.2. The number of hydrogen-bond acceptors (Lipinski definition) is 7. The van der Waals surface area contributed by atoms with Gasteiger partial charge in [0.15, 0.2) is 0 Å². The van der Waals surface area contributed by atoms with E-state index in [1.165, 1.54) is 24.3 Å². The number of rotatable bonds is 7. The van der Waals surface area contributed by atoms with Gasteiger partial charge in [-0.15, -0.1) is 0 Å². The average molecular weight is 512 g/mol. The van der Waals surface area contributed by atoms with Gasteiger partial charge in [0.2, 0.25) is 0 Å². The highest BCUT2D eigenvalue weighted by Crippen LogP contribution is 2.23. The molecule has 0 unspecified atom stereocenters. The highest BCUT2D eigenvalue weighted by atomic mass is 79.9. The fraction of sp³-hybridized carbons (Fsp3) is 0. The lowest BCUT2D eigenvalue weighted by Gasteiger charge is -2.06. The number of anilines is 1. The van der Waals surface area contributed by atoms with Crippen LogP contribution in [0.25, 0.3) is 0 Å². The zero-order chi connectivity index (χ0) is 24.0. The van der Waals surface area contributed by atoms with E-state index in [-0.39, 0.29) is 17.0 Å². The summed E-state index contributed by atoms with van der Waals surface area (Å²) in [5.41, 5.74) is 2.42. The highest BCUT2D eigenvalue weighted by Gasteiger charge is 2.18. The van der Waals surface area contributed by atoms with Crippen molar-refractivity contribution in [2.75, 3.05) is 5.32 Å². The van der Waals surface area contributed by atoms with E-state index in [0.717, 1.165) is 28.9 Å². The maximum atomic E-state index is 12.2. The molecule has 0 radical (unpaired) electrons. The Kier molecular flexibility index (Phi) is 7.20. The minimum absolute atomic E-state index is 0.0168. The maximum Gasteiger partial charge on any atom is 0.285 e. The lowest BCUT2D eigenvalue weighted by molar-refractivity contribution is -0.394. The predicted molar refractivity (Wildman–Crippen MR) is 123 cm³/mol. The zero-order valence-corrected chi connectivity index (χ0v) is 18.2. The SMILES string of the molecule is O=C(N/N=C\c1ccc([N+](=O)[O-])cc1[N+](=O)[O-])c1ccc(NC(=O)c2ccc(Br)cc2)cc1. The van der Waals surface area contributed by atoms with Crippen LogP contribution in [0.5, 0.6) is 0 Å². The topological polar surface area (TPSA) is 157 Å². The number of hydrogen-bond donors (Lipinski definition) is 2. The Balaban J connectivity index is 1.63. The van der Waals surface area contributed by atoms with Gasteiger partial charge in [0.1, 0.15) is 0 Å². The number of amides is 2. The Morgan fingerprint density at radius 3 is 2.06 bits per heavy atom. The Bertz CT molecular complexity index is 1260. The van der Waals surface area contributed by atoms with Crippen LogP contribution in [0.15, 0.2) is 76.3 Å². The summed E-state index contributed by atoms with van der Waals surface area (Å²) in [6.45, 7) is 0. The molecular weight excluding hydrogens is 498 g/mol. The van der Waals surface area contributed by atoms with Crippen molar-refractivity contribution >= 4 is 51.0 Å². The van der Waals surface area contributed by atoms with Gasteiger partial charge in [-0.05, 0) is 54.6 Å². The number of nitrogens with zero attached hydrogens (tertiary/aromatic N) is 3. The summed E-state index contributed by atoms with van der Waals surface area (Å²) in [6.07, 6.45) is 1.02. The molecule has 12 heteroatoms. The van der Waals surface area contributed by atoms with Gasteiger partial charge < -0.3 is 5.32 Å². The van der Waals surface area contributed by atoms with E-state index in [4.69, 9.17) is 0 Å². The first-order chi connectivity index (χ1) is 15.7. The highest BCUT2D eigenvalue weighted by molar-refractivity contribution is 9.10. The van der Waals surface area contributed by atoms with Crippen molar-refractivity contribution in [3.8, 4) is 0 Å². The van der Waals surface area contributed by atoms with Crippen LogP contribution < -0.4 is 10.7 Å². The van der Waals surface area contributed by atoms with Crippen molar-refractivity contribution < 1.29 is 19.4 Å². The Morgan fingerprint density at radius 1 is 0.848 bits per heavy atom. The molecule has 0 atom stereocenters. The first-order valence-corrected chi connectivity index (χ1v) is 9.97. The second-order valence-electron chi connectivity index (χ2n) is 6.49. The van der Waals surface area contributed by atoms with Crippen LogP contribution in [-0.4, -0.2) is 27.9 Å². The average Bonchev–Trinajstić information content (AvgIpc) is 2.79. The normalized spacial score (nSPS) is 10.6. The van der Waals surface area contributed by atoms with E-state index < -0.39 is 27.1 Å². The lowest BCUT2D eigenvalue weighted by atomic mass is 10.1. The first-order valence-electron chi connectivity index (χ1n) is 9.18. The van der Waals surface area contributed by atoms with Gasteiger partial charge in [0, 0.05) is 27.4 Å². The molecule has 0 saturated heterocycles. The molecular formula is C21H14BrN5O6. The van der Waals surface area contributed by atoms with E-state index in [1.54, 1.807) is 24.3 Å². The van der Waals surface area contributed by atoms with Crippen molar-refractivity contribution in [2.24, 2.45) is 5.10 Å². The van der Waals surface area contributed by atoms with E-state index >= 15 is 0 Å². The number of nitro groups is 2. The molecule has 0 aliphatic heterocycles. The molecule has 0 bridgehead atoms. The third-order valence-electron chi connectivity index (χ3n) is 4.30. The molecule has 3 aromatic rings. The summed E-state index contributed by atoms with van der Waals surface area (Å²) in [4.78, 5) is 44.9. The number of hydrazone groups is 1. The Labute approximate surface area is 194 Å². The second-order valence-corrected chi connectivity index (χ2v) is 7.41. The monoisotopic (exact) mass is 511 g/mol. The number of carbonyl (C=O) groups excluding carboxylic acids is 2. The standard InChI is InChI=1S/C21H14BrN5O6/c22-16-6-1-13(2-7-16)20(28)24-17-8-3-14(4-9-17)21(29)25-23-12-15-5-10-18(26(30)31)11-19(15)27(32)33/h1-12H,(H,24,28)(H,25,29)/b23-12-. The molecule has 3 aromatic carbocycles. The van der Waals surface area contributed by atoms with Crippen molar-refractivity contribution in [3.63, 3.8) is 0 Å². The van der Waals surface area contributed by atoms with E-state index in [1.807, 2.05) is 0 Å². The van der Waals surface area contributed by atoms with Crippen molar-refractivity contribution in [3.05, 3.63) is 108 Å². The number of benzene rings is 3. The fourth-order valence-corrected chi connectivity index (χ4v) is 2.91. The molecule has 0 fully saturated rings. The van der Waals surface area contributed by atoms with Crippen LogP contribution in [0, 0.1) is 20.2 Å². The van der Waals surface area contributed by atoms with Crippen LogP contribution in [0.2, 0.25) is 0 Å². The van der Waals surface area contributed by atoms with Crippen LogP contribution in [0.1, 0.15) is 26.3 Å². The van der Waals surface area contributed by atoms with Crippen LogP contribution >= 0.6 is 15.9 Å². The second kappa shape index (κ2) is 10.2. The summed E-state index contributed by atoms with van der Waals surface area (Å²) >= 11 is 3.30. The summed E-state index contributed by atoms with van der Waals surface area (Å²) in [7, 11) is 0. The minimum atomic E-state index is -0.780. The number of nitrogens with one attached hydrogen (secondary N) is 2. The molecule has 2 N–H and O–H groups in total. The summed E-state index contributed by atoms with van der Waals surface area (Å²) in [5.74, 6) is -0.907. The van der Waals surface area contributed by atoms with Crippen LogP contribution in [0.4, 0.5) is 17.1 Å².